The van der Waals surface area contributed by atoms with Gasteiger partial charge >= 0.3 is 6.18 Å². The van der Waals surface area contributed by atoms with Crippen LogP contribution in [0.3, 0.4) is 0 Å². The molecule has 0 radical (unpaired) electrons. The molecule has 0 N–H and O–H groups in total. The second kappa shape index (κ2) is 10.5. The highest BCUT2D eigenvalue weighted by atomic mass is 19.4. The molecular weight excluding hydrogens is 483 g/mol. The van der Waals surface area contributed by atoms with Crippen molar-refractivity contribution in [3.8, 4) is 11.4 Å². The Kier molecular flexibility index (Phi) is 7.33. The average molecular weight is 510 g/mol. The fourth-order valence-electron chi connectivity index (χ4n) is 4.32. The van der Waals surface area contributed by atoms with E-state index in [2.05, 4.69) is 0 Å². The van der Waals surface area contributed by atoms with E-state index in [1.807, 2.05) is 6.92 Å². The number of rotatable bonds is 7. The van der Waals surface area contributed by atoms with E-state index in [0.29, 0.717) is 28.8 Å². The number of hydrogen-bond acceptors (Lipinski definition) is 4. The van der Waals surface area contributed by atoms with E-state index in [1.54, 1.807) is 55.5 Å². The van der Waals surface area contributed by atoms with Gasteiger partial charge in [0.05, 0.1) is 35.3 Å². The average Bonchev–Trinajstić information content (AvgIpc) is 2.90. The van der Waals surface area contributed by atoms with E-state index >= 15 is 0 Å². The van der Waals surface area contributed by atoms with Gasteiger partial charge in [-0.15, -0.1) is 0 Å². The smallest absolute Gasteiger partial charge is 0.416 e. The van der Waals surface area contributed by atoms with Crippen LogP contribution in [0.2, 0.25) is 0 Å². The van der Waals surface area contributed by atoms with E-state index in [1.165, 1.54) is 28.7 Å². The van der Waals surface area contributed by atoms with Crippen LogP contribution < -0.4 is 10.3 Å². The van der Waals surface area contributed by atoms with Crippen LogP contribution >= 0.6 is 0 Å². The molecule has 1 amide bonds. The molecule has 0 aliphatic heterocycles. The van der Waals surface area contributed by atoms with Crippen molar-refractivity contribution < 1.29 is 22.7 Å². The number of fused-ring (bicyclic) bond motifs is 1. The van der Waals surface area contributed by atoms with Gasteiger partial charge < -0.3 is 9.64 Å². The van der Waals surface area contributed by atoms with Crippen LogP contribution in [-0.4, -0.2) is 34.0 Å². The van der Waals surface area contributed by atoms with Crippen LogP contribution in [0.25, 0.3) is 16.6 Å². The highest BCUT2D eigenvalue weighted by Gasteiger charge is 2.33. The molecule has 0 saturated heterocycles. The topological polar surface area (TPSA) is 64.4 Å². The Hall–Kier alpha value is -4.14. The van der Waals surface area contributed by atoms with Crippen molar-refractivity contribution in [1.29, 1.82) is 0 Å². The molecule has 6 nitrogen and oxygen atoms in total. The summed E-state index contributed by atoms with van der Waals surface area (Å²) in [5.41, 5.74) is -0.458. The summed E-state index contributed by atoms with van der Waals surface area (Å²) in [7, 11) is 1.49. The number of nitrogens with zero attached hydrogens (tertiary/aromatic N) is 3. The zero-order valence-electron chi connectivity index (χ0n) is 20.6. The third kappa shape index (κ3) is 5.07. The van der Waals surface area contributed by atoms with E-state index in [0.717, 1.165) is 12.1 Å². The molecule has 4 aromatic rings. The zero-order valence-corrected chi connectivity index (χ0v) is 20.6. The van der Waals surface area contributed by atoms with Gasteiger partial charge in [-0.3, -0.25) is 14.2 Å². The van der Waals surface area contributed by atoms with Gasteiger partial charge in [0.1, 0.15) is 11.6 Å². The number of para-hydroxylation sites is 3. The molecule has 3 aromatic carbocycles. The number of carbonyl (C=O) groups excluding carboxylic acids is 1. The summed E-state index contributed by atoms with van der Waals surface area (Å²) < 4.78 is 46.9. The molecule has 1 unspecified atom stereocenters. The van der Waals surface area contributed by atoms with Crippen molar-refractivity contribution in [3.05, 3.63) is 100 Å². The highest BCUT2D eigenvalue weighted by molar-refractivity contribution is 5.94. The minimum absolute atomic E-state index is 0.0953. The van der Waals surface area contributed by atoms with Crippen molar-refractivity contribution >= 4 is 16.8 Å². The van der Waals surface area contributed by atoms with E-state index in [9.17, 15) is 22.8 Å². The maximum Gasteiger partial charge on any atom is 0.416 e. The predicted octanol–water partition coefficient (Wildman–Crippen LogP) is 6.03. The molecule has 0 fully saturated rings. The van der Waals surface area contributed by atoms with Gasteiger partial charge in [-0.05, 0) is 55.8 Å². The van der Waals surface area contributed by atoms with Gasteiger partial charge in [-0.2, -0.15) is 13.2 Å². The molecule has 4 rings (SSSR count). The predicted molar refractivity (Wildman–Crippen MR) is 135 cm³/mol. The van der Waals surface area contributed by atoms with Crippen molar-refractivity contribution in [3.63, 3.8) is 0 Å². The molecule has 9 heteroatoms. The second-order valence-corrected chi connectivity index (χ2v) is 8.55. The summed E-state index contributed by atoms with van der Waals surface area (Å²) in [6.45, 7) is 3.81. The highest BCUT2D eigenvalue weighted by Crippen LogP contribution is 2.31. The molecule has 0 aliphatic rings. The molecule has 1 atom stereocenters. The molecule has 0 saturated carbocycles. The number of ether oxygens (including phenoxy) is 1. The molecule has 37 heavy (non-hydrogen) atoms. The molecule has 192 valence electrons. The zero-order chi connectivity index (χ0) is 26.7. The number of hydrogen-bond donors (Lipinski definition) is 0. The SMILES string of the molecule is CCCN(C(=O)c1cccc(C(F)(F)F)c1)C(C)c1nc2ccccc2c(=O)n1-c1ccccc1OC. The van der Waals surface area contributed by atoms with Crippen LogP contribution in [0.4, 0.5) is 13.2 Å². The van der Waals surface area contributed by atoms with Gasteiger partial charge in [-0.25, -0.2) is 4.98 Å². The maximum absolute atomic E-state index is 13.7. The first kappa shape index (κ1) is 25.9. The van der Waals surface area contributed by atoms with Crippen LogP contribution in [-0.2, 0) is 6.18 Å². The molecule has 1 aromatic heterocycles. The summed E-state index contributed by atoms with van der Waals surface area (Å²) in [5.74, 6) is 0.109. The van der Waals surface area contributed by atoms with Gasteiger partial charge in [-0.1, -0.05) is 37.3 Å². The number of methoxy groups -OCH3 is 1. The van der Waals surface area contributed by atoms with Crippen molar-refractivity contribution in [2.24, 2.45) is 0 Å². The largest absolute Gasteiger partial charge is 0.495 e. The van der Waals surface area contributed by atoms with E-state index in [-0.39, 0.29) is 23.5 Å². The number of alkyl halides is 3. The molecule has 0 bridgehead atoms. The maximum atomic E-state index is 13.7. The summed E-state index contributed by atoms with van der Waals surface area (Å²) in [6, 6.07) is 17.4. The molecule has 1 heterocycles. The third-order valence-corrected chi connectivity index (χ3v) is 6.13. The number of halogens is 3. The van der Waals surface area contributed by atoms with Gasteiger partial charge in [0.2, 0.25) is 0 Å². The summed E-state index contributed by atoms with van der Waals surface area (Å²) in [5, 5.41) is 0.385. The first-order valence-corrected chi connectivity index (χ1v) is 11.8. The van der Waals surface area contributed by atoms with Crippen molar-refractivity contribution in [2.75, 3.05) is 13.7 Å². The van der Waals surface area contributed by atoms with E-state index in [4.69, 9.17) is 9.72 Å². The van der Waals surface area contributed by atoms with Crippen molar-refractivity contribution in [1.82, 2.24) is 14.5 Å². The van der Waals surface area contributed by atoms with Gasteiger partial charge in [0.25, 0.3) is 11.5 Å². The minimum Gasteiger partial charge on any atom is -0.495 e. The quantitative estimate of drug-likeness (QED) is 0.305. The first-order valence-electron chi connectivity index (χ1n) is 11.8. The Balaban J connectivity index is 1.91. The molecule has 0 aliphatic carbocycles. The Morgan fingerprint density at radius 2 is 1.76 bits per heavy atom. The van der Waals surface area contributed by atoms with Crippen molar-refractivity contribution in [2.45, 2.75) is 32.5 Å². The summed E-state index contributed by atoms with van der Waals surface area (Å²) in [4.78, 5) is 33.5. The number of carbonyl (C=O) groups is 1. The van der Waals surface area contributed by atoms with Crippen LogP contribution in [0, 0.1) is 0 Å². The lowest BCUT2D eigenvalue weighted by Gasteiger charge is -2.31. The standard InChI is InChI=1S/C28H26F3N3O3/c1-4-16-33(26(35)19-10-9-11-20(17-19)28(29,30)31)18(2)25-32-22-13-6-5-12-21(22)27(36)34(25)23-14-7-8-15-24(23)37-3/h5-15,17-18H,4,16H2,1-3H3. The van der Waals surface area contributed by atoms with Gasteiger partial charge in [0, 0.05) is 12.1 Å². The van der Waals surface area contributed by atoms with Crippen LogP contribution in [0.15, 0.2) is 77.6 Å². The molecular formula is C28H26F3N3O3. The Morgan fingerprint density at radius 3 is 2.46 bits per heavy atom. The Labute approximate surface area is 211 Å². The Morgan fingerprint density at radius 1 is 1.05 bits per heavy atom. The Bertz CT molecular complexity index is 1500. The minimum atomic E-state index is -4.58. The monoisotopic (exact) mass is 509 g/mol. The fraction of sp³-hybridized carbons (Fsp3) is 0.250. The lowest BCUT2D eigenvalue weighted by molar-refractivity contribution is -0.137. The third-order valence-electron chi connectivity index (χ3n) is 6.13. The summed E-state index contributed by atoms with van der Waals surface area (Å²) >= 11 is 0. The number of amides is 1. The van der Waals surface area contributed by atoms with Crippen LogP contribution in [0.5, 0.6) is 5.75 Å². The van der Waals surface area contributed by atoms with Gasteiger partial charge in [0.15, 0.2) is 0 Å². The van der Waals surface area contributed by atoms with E-state index < -0.39 is 23.7 Å². The lowest BCUT2D eigenvalue weighted by atomic mass is 10.1. The summed E-state index contributed by atoms with van der Waals surface area (Å²) in [6.07, 6.45) is -4.04. The number of benzene rings is 3. The fourth-order valence-corrected chi connectivity index (χ4v) is 4.32. The normalized spacial score (nSPS) is 12.4. The first-order chi connectivity index (χ1) is 17.7. The molecule has 0 spiro atoms. The second-order valence-electron chi connectivity index (χ2n) is 8.55. The number of aromatic nitrogens is 2. The van der Waals surface area contributed by atoms with Crippen LogP contribution in [0.1, 0.15) is 48.1 Å². The lowest BCUT2D eigenvalue weighted by Crippen LogP contribution is -2.38.